The lowest BCUT2D eigenvalue weighted by Crippen LogP contribution is -2.32. The Morgan fingerprint density at radius 1 is 1.09 bits per heavy atom. The first-order valence-electron chi connectivity index (χ1n) is 6.43. The maximum absolute atomic E-state index is 12.1. The van der Waals surface area contributed by atoms with Crippen LogP contribution in [0.25, 0.3) is 0 Å². The highest BCUT2D eigenvalue weighted by atomic mass is 32.2. The number of carbonyl (C=O) groups is 4. The molecule has 0 bridgehead atoms. The van der Waals surface area contributed by atoms with Gasteiger partial charge in [0.1, 0.15) is 5.25 Å². The van der Waals surface area contributed by atoms with E-state index in [9.17, 15) is 19.2 Å². The van der Waals surface area contributed by atoms with Gasteiger partial charge in [-0.2, -0.15) is 0 Å². The molecule has 2 amide bonds. The Kier molecular flexibility index (Phi) is 4.81. The molecule has 0 fully saturated rings. The molecule has 8 heteroatoms. The summed E-state index contributed by atoms with van der Waals surface area (Å²) in [6, 6.07) is 6.45. The van der Waals surface area contributed by atoms with E-state index in [4.69, 9.17) is 10.2 Å². The number of carboxylic acids is 2. The van der Waals surface area contributed by atoms with Crippen LogP contribution in [0.15, 0.2) is 24.3 Å². The molecule has 1 aromatic carbocycles. The summed E-state index contributed by atoms with van der Waals surface area (Å²) in [5, 5.41) is 16.5. The van der Waals surface area contributed by atoms with Crippen molar-refractivity contribution in [3.8, 4) is 0 Å². The smallest absolute Gasteiger partial charge is 0.317 e. The molecule has 0 aliphatic carbocycles. The Labute approximate surface area is 129 Å². The summed E-state index contributed by atoms with van der Waals surface area (Å²) in [5.74, 6) is -3.09. The quantitative estimate of drug-likeness (QED) is 0.718. The highest BCUT2D eigenvalue weighted by Gasteiger charge is 2.35. The second kappa shape index (κ2) is 6.61. The molecule has 0 saturated heterocycles. The minimum Gasteiger partial charge on any atom is -0.481 e. The van der Waals surface area contributed by atoms with Crippen LogP contribution in [0.5, 0.6) is 0 Å². The van der Waals surface area contributed by atoms with E-state index in [1.54, 1.807) is 24.3 Å². The van der Waals surface area contributed by atoms with Crippen molar-refractivity contribution in [3.63, 3.8) is 0 Å². The molecule has 1 aliphatic heterocycles. The van der Waals surface area contributed by atoms with Crippen LogP contribution in [-0.2, 0) is 9.59 Å². The fraction of sp³-hybridized carbons (Fsp3) is 0.286. The van der Waals surface area contributed by atoms with Crippen molar-refractivity contribution in [2.24, 2.45) is 0 Å². The number of hydrogen-bond donors (Lipinski definition) is 2. The van der Waals surface area contributed by atoms with Crippen molar-refractivity contribution >= 4 is 35.5 Å². The van der Waals surface area contributed by atoms with Crippen LogP contribution in [0.1, 0.15) is 27.1 Å². The summed E-state index contributed by atoms with van der Waals surface area (Å²) in [4.78, 5) is 46.7. The first-order chi connectivity index (χ1) is 10.4. The van der Waals surface area contributed by atoms with Crippen LogP contribution < -0.4 is 0 Å². The first-order valence-corrected chi connectivity index (χ1v) is 7.48. The Morgan fingerprint density at radius 2 is 1.64 bits per heavy atom. The number of amides is 2. The predicted molar refractivity (Wildman–Crippen MR) is 77.9 cm³/mol. The molecule has 1 atom stereocenters. The molecule has 2 rings (SSSR count). The van der Waals surface area contributed by atoms with Gasteiger partial charge in [0.15, 0.2) is 0 Å². The molecule has 0 saturated carbocycles. The summed E-state index contributed by atoms with van der Waals surface area (Å²) in [6.45, 7) is 0.0421. The van der Waals surface area contributed by atoms with E-state index in [1.165, 1.54) is 0 Å². The third-order valence-electron chi connectivity index (χ3n) is 3.15. The Balaban J connectivity index is 1.96. The van der Waals surface area contributed by atoms with Gasteiger partial charge in [0.05, 0.1) is 17.5 Å². The van der Waals surface area contributed by atoms with E-state index in [2.05, 4.69) is 0 Å². The van der Waals surface area contributed by atoms with Gasteiger partial charge >= 0.3 is 11.9 Å². The lowest BCUT2D eigenvalue weighted by Gasteiger charge is -2.15. The number of carboxylic acid groups (broad SMARTS) is 2. The Bertz CT molecular complexity index is 609. The summed E-state index contributed by atoms with van der Waals surface area (Å²) >= 11 is 0.901. The van der Waals surface area contributed by atoms with Crippen molar-refractivity contribution in [3.05, 3.63) is 35.4 Å². The van der Waals surface area contributed by atoms with E-state index in [1.807, 2.05) is 0 Å². The lowest BCUT2D eigenvalue weighted by molar-refractivity contribution is -0.142. The fourth-order valence-electron chi connectivity index (χ4n) is 2.10. The van der Waals surface area contributed by atoms with Gasteiger partial charge in [-0.05, 0) is 12.1 Å². The molecule has 1 aliphatic rings. The number of thioether (sulfide) groups is 1. The normalized spacial score (nSPS) is 14.8. The van der Waals surface area contributed by atoms with Gasteiger partial charge in [-0.1, -0.05) is 12.1 Å². The maximum atomic E-state index is 12.1. The number of hydrogen-bond acceptors (Lipinski definition) is 5. The van der Waals surface area contributed by atoms with Gasteiger partial charge in [0, 0.05) is 12.3 Å². The third-order valence-corrected chi connectivity index (χ3v) is 4.34. The van der Waals surface area contributed by atoms with Crippen LogP contribution in [0.4, 0.5) is 0 Å². The number of imide groups is 1. The second-order valence-corrected chi connectivity index (χ2v) is 5.91. The van der Waals surface area contributed by atoms with Crippen LogP contribution in [0.2, 0.25) is 0 Å². The minimum atomic E-state index is -1.23. The van der Waals surface area contributed by atoms with E-state index >= 15 is 0 Å². The highest BCUT2D eigenvalue weighted by molar-refractivity contribution is 8.00. The molecule has 1 unspecified atom stereocenters. The van der Waals surface area contributed by atoms with Crippen molar-refractivity contribution in [2.45, 2.75) is 11.7 Å². The molecule has 1 aromatic rings. The van der Waals surface area contributed by atoms with Crippen LogP contribution in [0.3, 0.4) is 0 Å². The van der Waals surface area contributed by atoms with Crippen LogP contribution in [-0.4, -0.2) is 56.4 Å². The zero-order valence-corrected chi connectivity index (χ0v) is 12.2. The topological polar surface area (TPSA) is 112 Å². The number of nitrogens with zero attached hydrogens (tertiary/aromatic N) is 1. The monoisotopic (exact) mass is 323 g/mol. The van der Waals surface area contributed by atoms with Gasteiger partial charge in [0.25, 0.3) is 11.8 Å². The molecular formula is C14H13NO6S. The van der Waals surface area contributed by atoms with Gasteiger partial charge in [-0.15, -0.1) is 11.8 Å². The first kappa shape index (κ1) is 16.0. The molecular weight excluding hydrogens is 310 g/mol. The maximum Gasteiger partial charge on any atom is 0.317 e. The molecule has 7 nitrogen and oxygen atoms in total. The second-order valence-electron chi connectivity index (χ2n) is 4.60. The molecule has 116 valence electrons. The van der Waals surface area contributed by atoms with E-state index in [-0.39, 0.29) is 12.3 Å². The average molecular weight is 323 g/mol. The van der Waals surface area contributed by atoms with Crippen LogP contribution in [0, 0.1) is 0 Å². The van der Waals surface area contributed by atoms with Crippen molar-refractivity contribution in [2.75, 3.05) is 12.3 Å². The average Bonchev–Trinajstić information content (AvgIpc) is 2.71. The fourth-order valence-corrected chi connectivity index (χ4v) is 3.08. The highest BCUT2D eigenvalue weighted by Crippen LogP contribution is 2.23. The van der Waals surface area contributed by atoms with Crippen molar-refractivity contribution in [1.82, 2.24) is 4.90 Å². The molecule has 1 heterocycles. The van der Waals surface area contributed by atoms with Crippen molar-refractivity contribution < 1.29 is 29.4 Å². The largest absolute Gasteiger partial charge is 0.481 e. The lowest BCUT2D eigenvalue weighted by atomic mass is 10.1. The molecule has 0 aromatic heterocycles. The Morgan fingerprint density at radius 3 is 2.09 bits per heavy atom. The summed E-state index contributed by atoms with van der Waals surface area (Å²) in [7, 11) is 0. The zero-order chi connectivity index (χ0) is 16.3. The van der Waals surface area contributed by atoms with Gasteiger partial charge in [0.2, 0.25) is 0 Å². The Hall–Kier alpha value is -2.35. The molecule has 0 radical (unpaired) electrons. The molecule has 2 N–H and O–H groups in total. The van der Waals surface area contributed by atoms with Gasteiger partial charge in [-0.3, -0.25) is 24.1 Å². The molecule has 22 heavy (non-hydrogen) atoms. The standard InChI is InChI=1S/C14H13NO6S/c16-11(17)7-10(14(20)21)22-6-5-15-12(18)8-3-1-2-4-9(8)13(15)19/h1-4,10H,5-7H2,(H,16,17)(H,20,21). The number of aliphatic carboxylic acids is 2. The number of fused-ring (bicyclic) bond motifs is 1. The van der Waals surface area contributed by atoms with Gasteiger partial charge in [-0.25, -0.2) is 0 Å². The SMILES string of the molecule is O=C(O)CC(SCCN1C(=O)c2ccccc2C1=O)C(=O)O. The zero-order valence-electron chi connectivity index (χ0n) is 11.4. The third kappa shape index (κ3) is 3.28. The van der Waals surface area contributed by atoms with Crippen LogP contribution >= 0.6 is 11.8 Å². The number of carbonyl (C=O) groups excluding carboxylic acids is 2. The minimum absolute atomic E-state index is 0.0421. The van der Waals surface area contributed by atoms with E-state index < -0.39 is 35.4 Å². The summed E-state index contributed by atoms with van der Waals surface area (Å²) in [5.41, 5.74) is 0.663. The number of rotatable bonds is 7. The predicted octanol–water partition coefficient (Wildman–Crippen LogP) is 0.944. The summed E-state index contributed by atoms with van der Waals surface area (Å²) < 4.78 is 0. The molecule has 0 spiro atoms. The van der Waals surface area contributed by atoms with E-state index in [0.29, 0.717) is 11.1 Å². The van der Waals surface area contributed by atoms with Gasteiger partial charge < -0.3 is 10.2 Å². The summed E-state index contributed by atoms with van der Waals surface area (Å²) in [6.07, 6.45) is -0.512. The number of benzene rings is 1. The van der Waals surface area contributed by atoms with Crippen molar-refractivity contribution in [1.29, 1.82) is 0 Å². The van der Waals surface area contributed by atoms with E-state index in [0.717, 1.165) is 16.7 Å².